The van der Waals surface area contributed by atoms with E-state index in [1.54, 1.807) is 41.0 Å². The Hall–Kier alpha value is -2.21. The van der Waals surface area contributed by atoms with Gasteiger partial charge in [0, 0.05) is 31.7 Å². The van der Waals surface area contributed by atoms with Crippen LogP contribution >= 0.6 is 0 Å². The molecule has 0 spiro atoms. The lowest BCUT2D eigenvalue weighted by atomic mass is 9.75. The maximum Gasteiger partial charge on any atom is 0.272 e. The molecule has 1 aromatic carbocycles. The molecule has 0 saturated carbocycles. The summed E-state index contributed by atoms with van der Waals surface area (Å²) in [7, 11) is 1.75. The van der Waals surface area contributed by atoms with Gasteiger partial charge in [-0.3, -0.25) is 9.48 Å². The summed E-state index contributed by atoms with van der Waals surface area (Å²) in [4.78, 5) is 14.5. The lowest BCUT2D eigenvalue weighted by Crippen LogP contribution is -2.49. The first-order valence-electron chi connectivity index (χ1n) is 8.16. The lowest BCUT2D eigenvalue weighted by Gasteiger charge is -2.42. The molecule has 1 N–H and O–H groups in total. The highest BCUT2D eigenvalue weighted by atomic mass is 19.1. The molecule has 128 valence electrons. The van der Waals surface area contributed by atoms with Crippen molar-refractivity contribution in [1.82, 2.24) is 14.7 Å². The first-order valence-corrected chi connectivity index (χ1v) is 8.16. The van der Waals surface area contributed by atoms with Crippen molar-refractivity contribution in [2.45, 2.75) is 19.3 Å². The van der Waals surface area contributed by atoms with Crippen LogP contribution < -0.4 is 0 Å². The zero-order chi connectivity index (χ0) is 17.2. The number of carbonyl (C=O) groups is 1. The minimum atomic E-state index is -0.385. The van der Waals surface area contributed by atoms with Crippen molar-refractivity contribution in [3.8, 4) is 0 Å². The maximum absolute atomic E-state index is 13.1. The van der Waals surface area contributed by atoms with Crippen LogP contribution in [0, 0.1) is 11.2 Å². The summed E-state index contributed by atoms with van der Waals surface area (Å²) < 4.78 is 14.7. The van der Waals surface area contributed by atoms with E-state index in [2.05, 4.69) is 5.10 Å². The average Bonchev–Trinajstić information content (AvgIpc) is 3.02. The molecule has 0 radical (unpaired) electrons. The minimum Gasteiger partial charge on any atom is -0.396 e. The van der Waals surface area contributed by atoms with Crippen LogP contribution in [0.5, 0.6) is 0 Å². The number of hydrogen-bond acceptors (Lipinski definition) is 3. The van der Waals surface area contributed by atoms with Gasteiger partial charge in [-0.05, 0) is 43.0 Å². The van der Waals surface area contributed by atoms with Crippen LogP contribution in [0.1, 0.15) is 28.9 Å². The molecule has 1 aliphatic rings. The highest BCUT2D eigenvalue weighted by Crippen LogP contribution is 2.34. The van der Waals surface area contributed by atoms with Gasteiger partial charge in [-0.1, -0.05) is 12.1 Å². The van der Waals surface area contributed by atoms with Crippen LogP contribution in [0.25, 0.3) is 0 Å². The molecule has 5 nitrogen and oxygen atoms in total. The van der Waals surface area contributed by atoms with Crippen LogP contribution in [0.15, 0.2) is 36.5 Å². The van der Waals surface area contributed by atoms with E-state index in [9.17, 15) is 14.3 Å². The number of likely N-dealkylation sites (tertiary alicyclic amines) is 1. The van der Waals surface area contributed by atoms with Gasteiger partial charge in [-0.25, -0.2) is 4.39 Å². The monoisotopic (exact) mass is 331 g/mol. The Morgan fingerprint density at radius 1 is 1.33 bits per heavy atom. The fraction of sp³-hybridized carbons (Fsp3) is 0.444. The summed E-state index contributed by atoms with van der Waals surface area (Å²) >= 11 is 0. The number of benzene rings is 1. The summed E-state index contributed by atoms with van der Waals surface area (Å²) in [6.07, 6.45) is 3.91. The van der Waals surface area contributed by atoms with Crippen molar-refractivity contribution in [2.75, 3.05) is 19.7 Å². The van der Waals surface area contributed by atoms with E-state index >= 15 is 0 Å². The Morgan fingerprint density at radius 3 is 2.71 bits per heavy atom. The second-order valence-corrected chi connectivity index (χ2v) is 6.63. The van der Waals surface area contributed by atoms with Crippen LogP contribution in [0.3, 0.4) is 0 Å². The summed E-state index contributed by atoms with van der Waals surface area (Å²) in [5.74, 6) is -0.333. The highest BCUT2D eigenvalue weighted by molar-refractivity contribution is 5.92. The Labute approximate surface area is 140 Å². The molecule has 1 atom stereocenters. The number of piperidine rings is 1. The molecule has 1 saturated heterocycles. The van der Waals surface area contributed by atoms with Crippen LogP contribution in [0.2, 0.25) is 0 Å². The number of aliphatic hydroxyl groups excluding tert-OH is 1. The van der Waals surface area contributed by atoms with Crippen molar-refractivity contribution < 1.29 is 14.3 Å². The summed E-state index contributed by atoms with van der Waals surface area (Å²) in [5.41, 5.74) is 1.13. The first-order chi connectivity index (χ1) is 11.5. The number of aryl methyl sites for hydroxylation is 1. The van der Waals surface area contributed by atoms with E-state index < -0.39 is 0 Å². The van der Waals surface area contributed by atoms with Crippen molar-refractivity contribution in [2.24, 2.45) is 12.5 Å². The predicted octanol–water partition coefficient (Wildman–Crippen LogP) is 2.02. The van der Waals surface area contributed by atoms with Crippen molar-refractivity contribution in [3.63, 3.8) is 0 Å². The molecule has 1 unspecified atom stereocenters. The molecule has 1 amide bonds. The molecule has 1 aliphatic heterocycles. The van der Waals surface area contributed by atoms with Crippen LogP contribution in [-0.2, 0) is 13.5 Å². The number of nitrogens with zero attached hydrogens (tertiary/aromatic N) is 3. The van der Waals surface area contributed by atoms with Crippen molar-refractivity contribution in [3.05, 3.63) is 53.6 Å². The molecular weight excluding hydrogens is 309 g/mol. The Bertz CT molecular complexity index is 713. The zero-order valence-corrected chi connectivity index (χ0v) is 13.8. The number of carbonyl (C=O) groups excluding carboxylic acids is 1. The zero-order valence-electron chi connectivity index (χ0n) is 13.8. The molecule has 3 rings (SSSR count). The Kier molecular flexibility index (Phi) is 4.66. The number of rotatable bonds is 4. The lowest BCUT2D eigenvalue weighted by molar-refractivity contribution is 0.0265. The fourth-order valence-corrected chi connectivity index (χ4v) is 3.49. The number of amides is 1. The third-order valence-corrected chi connectivity index (χ3v) is 4.82. The third-order valence-electron chi connectivity index (χ3n) is 4.82. The Balaban J connectivity index is 1.77. The average molecular weight is 331 g/mol. The third kappa shape index (κ3) is 3.33. The van der Waals surface area contributed by atoms with E-state index in [1.165, 1.54) is 12.1 Å². The van der Waals surface area contributed by atoms with Gasteiger partial charge >= 0.3 is 0 Å². The highest BCUT2D eigenvalue weighted by Gasteiger charge is 2.37. The number of halogens is 1. The van der Waals surface area contributed by atoms with Gasteiger partial charge in [0.25, 0.3) is 5.91 Å². The summed E-state index contributed by atoms with van der Waals surface area (Å²) in [6, 6.07) is 8.06. The topological polar surface area (TPSA) is 58.4 Å². The molecular formula is C18H22FN3O2. The summed E-state index contributed by atoms with van der Waals surface area (Å²) in [5, 5.41) is 14.1. The van der Waals surface area contributed by atoms with Gasteiger partial charge in [0.15, 0.2) is 0 Å². The van der Waals surface area contributed by atoms with Gasteiger partial charge in [0.1, 0.15) is 11.5 Å². The van der Waals surface area contributed by atoms with Gasteiger partial charge < -0.3 is 10.0 Å². The second-order valence-electron chi connectivity index (χ2n) is 6.63. The quantitative estimate of drug-likeness (QED) is 0.932. The molecule has 2 heterocycles. The van der Waals surface area contributed by atoms with E-state index in [-0.39, 0.29) is 23.7 Å². The minimum absolute atomic E-state index is 0.000453. The molecule has 2 aromatic rings. The maximum atomic E-state index is 13.1. The molecule has 1 fully saturated rings. The van der Waals surface area contributed by atoms with Crippen LogP contribution in [-0.4, -0.2) is 45.4 Å². The first kappa shape index (κ1) is 16.6. The van der Waals surface area contributed by atoms with Crippen LogP contribution in [0.4, 0.5) is 4.39 Å². The molecule has 0 aliphatic carbocycles. The second kappa shape index (κ2) is 6.73. The van der Waals surface area contributed by atoms with E-state index in [0.717, 1.165) is 18.4 Å². The number of aromatic nitrogens is 2. The van der Waals surface area contributed by atoms with E-state index in [0.29, 0.717) is 25.2 Å². The summed E-state index contributed by atoms with van der Waals surface area (Å²) in [6.45, 7) is 1.17. The van der Waals surface area contributed by atoms with E-state index in [1.807, 2.05) is 0 Å². The van der Waals surface area contributed by atoms with Gasteiger partial charge in [0.2, 0.25) is 0 Å². The SMILES string of the molecule is Cn1nccc1C(=O)N1CCCC(CO)(Cc2ccc(F)cc2)C1. The predicted molar refractivity (Wildman–Crippen MR) is 88.0 cm³/mol. The van der Waals surface area contributed by atoms with Gasteiger partial charge in [-0.15, -0.1) is 0 Å². The fourth-order valence-electron chi connectivity index (χ4n) is 3.49. The van der Waals surface area contributed by atoms with E-state index in [4.69, 9.17) is 0 Å². The Morgan fingerprint density at radius 2 is 2.08 bits per heavy atom. The smallest absolute Gasteiger partial charge is 0.272 e. The normalized spacial score (nSPS) is 21.0. The molecule has 1 aromatic heterocycles. The van der Waals surface area contributed by atoms with Crippen molar-refractivity contribution in [1.29, 1.82) is 0 Å². The van der Waals surface area contributed by atoms with Gasteiger partial charge in [-0.2, -0.15) is 5.10 Å². The number of aliphatic hydroxyl groups is 1. The molecule has 0 bridgehead atoms. The van der Waals surface area contributed by atoms with Crippen molar-refractivity contribution >= 4 is 5.91 Å². The van der Waals surface area contributed by atoms with Gasteiger partial charge in [0.05, 0.1) is 6.61 Å². The molecule has 24 heavy (non-hydrogen) atoms. The largest absolute Gasteiger partial charge is 0.396 e. The number of hydrogen-bond donors (Lipinski definition) is 1. The standard InChI is InChI=1S/C18H22FN3O2/c1-21-16(7-9-20-21)17(24)22-10-2-8-18(12-22,13-23)11-14-3-5-15(19)6-4-14/h3-7,9,23H,2,8,10-13H2,1H3. The molecule has 6 heteroatoms.